The van der Waals surface area contributed by atoms with Gasteiger partial charge in [0.1, 0.15) is 0 Å². The minimum atomic E-state index is 0.0916. The zero-order valence-electron chi connectivity index (χ0n) is 10.3. The molecule has 88 valence electrons. The van der Waals surface area contributed by atoms with Gasteiger partial charge in [-0.3, -0.25) is 4.79 Å². The molecular weight excluding hydrogens is 212 g/mol. The summed E-state index contributed by atoms with van der Waals surface area (Å²) in [6.07, 6.45) is 3.68. The maximum atomic E-state index is 11.2. The molecule has 0 radical (unpaired) electrons. The van der Waals surface area contributed by atoms with E-state index in [-0.39, 0.29) is 5.78 Å². The third kappa shape index (κ3) is 2.28. The van der Waals surface area contributed by atoms with Gasteiger partial charge in [-0.2, -0.15) is 0 Å². The molecule has 3 heteroatoms. The molecule has 0 aliphatic rings. The summed E-state index contributed by atoms with van der Waals surface area (Å²) < 4.78 is 2.11. The molecule has 2 aromatic rings. The molecule has 0 N–H and O–H groups in total. The molecule has 0 amide bonds. The molecule has 0 atom stereocenters. The number of hydrogen-bond acceptors (Lipinski definition) is 2. The van der Waals surface area contributed by atoms with Gasteiger partial charge >= 0.3 is 0 Å². The Morgan fingerprint density at radius 2 is 1.88 bits per heavy atom. The van der Waals surface area contributed by atoms with E-state index in [1.54, 1.807) is 6.92 Å². The molecule has 0 saturated heterocycles. The predicted molar refractivity (Wildman–Crippen MR) is 68.1 cm³/mol. The lowest BCUT2D eigenvalue weighted by Crippen LogP contribution is -2.01. The number of imidazole rings is 1. The number of rotatable bonds is 3. The Balaban J connectivity index is 2.40. The van der Waals surface area contributed by atoms with Crippen LogP contribution in [-0.2, 0) is 0 Å². The van der Waals surface area contributed by atoms with E-state index in [1.165, 1.54) is 0 Å². The standard InChI is InChI=1S/C14H16N2O/c1-10(2)16-9-15-8-14(16)13-6-4-12(5-7-13)11(3)17/h4-10H,1-3H3. The Kier molecular flexibility index (Phi) is 3.09. The van der Waals surface area contributed by atoms with E-state index in [0.717, 1.165) is 16.8 Å². The average molecular weight is 228 g/mol. The maximum Gasteiger partial charge on any atom is 0.159 e. The number of benzene rings is 1. The Hall–Kier alpha value is -1.90. The SMILES string of the molecule is CC(=O)c1ccc(-c2cncn2C(C)C)cc1. The van der Waals surface area contributed by atoms with Crippen LogP contribution in [0.3, 0.4) is 0 Å². The molecule has 1 heterocycles. The van der Waals surface area contributed by atoms with Crippen LogP contribution >= 0.6 is 0 Å². The van der Waals surface area contributed by atoms with Crippen molar-refractivity contribution in [2.75, 3.05) is 0 Å². The van der Waals surface area contributed by atoms with Gasteiger partial charge in [-0.1, -0.05) is 24.3 Å². The first-order chi connectivity index (χ1) is 8.09. The van der Waals surface area contributed by atoms with Crippen molar-refractivity contribution >= 4 is 5.78 Å². The van der Waals surface area contributed by atoms with E-state index in [2.05, 4.69) is 23.4 Å². The molecule has 1 aromatic heterocycles. The van der Waals surface area contributed by atoms with Crippen molar-refractivity contribution < 1.29 is 4.79 Å². The van der Waals surface area contributed by atoms with Gasteiger partial charge in [0, 0.05) is 11.6 Å². The summed E-state index contributed by atoms with van der Waals surface area (Å²) in [6, 6.07) is 8.02. The summed E-state index contributed by atoms with van der Waals surface area (Å²) in [6.45, 7) is 5.82. The van der Waals surface area contributed by atoms with Gasteiger partial charge in [0.05, 0.1) is 18.2 Å². The van der Waals surface area contributed by atoms with Crippen LogP contribution in [-0.4, -0.2) is 15.3 Å². The number of nitrogens with zero attached hydrogens (tertiary/aromatic N) is 2. The number of ketones is 1. The number of Topliss-reactive ketones (excluding diaryl/α,β-unsaturated/α-hetero) is 1. The Bertz CT molecular complexity index is 523. The van der Waals surface area contributed by atoms with Gasteiger partial charge in [-0.25, -0.2) is 4.98 Å². The molecule has 0 aliphatic heterocycles. The quantitative estimate of drug-likeness (QED) is 0.755. The van der Waals surface area contributed by atoms with E-state index >= 15 is 0 Å². The molecule has 2 rings (SSSR count). The summed E-state index contributed by atoms with van der Waals surface area (Å²) in [5.74, 6) is 0.0916. The van der Waals surface area contributed by atoms with Crippen LogP contribution in [0.15, 0.2) is 36.8 Å². The predicted octanol–water partition coefficient (Wildman–Crippen LogP) is 3.33. The second-order valence-electron chi connectivity index (χ2n) is 4.41. The van der Waals surface area contributed by atoms with Crippen LogP contribution in [0.25, 0.3) is 11.3 Å². The van der Waals surface area contributed by atoms with E-state index < -0.39 is 0 Å². The molecular formula is C14H16N2O. The molecule has 0 fully saturated rings. The zero-order chi connectivity index (χ0) is 12.4. The van der Waals surface area contributed by atoms with Gasteiger partial charge < -0.3 is 4.57 Å². The first-order valence-electron chi connectivity index (χ1n) is 5.73. The lowest BCUT2D eigenvalue weighted by molar-refractivity contribution is 0.101. The molecule has 0 unspecified atom stereocenters. The first-order valence-corrected chi connectivity index (χ1v) is 5.73. The molecule has 0 aliphatic carbocycles. The summed E-state index contributed by atoms with van der Waals surface area (Å²) in [5, 5.41) is 0. The second kappa shape index (κ2) is 4.53. The summed E-state index contributed by atoms with van der Waals surface area (Å²) in [7, 11) is 0. The van der Waals surface area contributed by atoms with E-state index in [0.29, 0.717) is 6.04 Å². The van der Waals surface area contributed by atoms with Crippen LogP contribution in [0.1, 0.15) is 37.2 Å². The molecule has 0 spiro atoms. The molecule has 0 saturated carbocycles. The number of hydrogen-bond donors (Lipinski definition) is 0. The first kappa shape index (κ1) is 11.6. The Morgan fingerprint density at radius 3 is 2.41 bits per heavy atom. The smallest absolute Gasteiger partial charge is 0.159 e. The van der Waals surface area contributed by atoms with Gasteiger partial charge in [0.15, 0.2) is 5.78 Å². The van der Waals surface area contributed by atoms with E-state index in [9.17, 15) is 4.79 Å². The van der Waals surface area contributed by atoms with Crippen molar-refractivity contribution in [2.24, 2.45) is 0 Å². The summed E-state index contributed by atoms with van der Waals surface area (Å²) in [4.78, 5) is 15.4. The molecule has 3 nitrogen and oxygen atoms in total. The van der Waals surface area contributed by atoms with Crippen molar-refractivity contribution in [3.8, 4) is 11.3 Å². The third-order valence-electron chi connectivity index (χ3n) is 2.81. The fraction of sp³-hybridized carbons (Fsp3) is 0.286. The number of carbonyl (C=O) groups is 1. The fourth-order valence-electron chi connectivity index (χ4n) is 1.82. The van der Waals surface area contributed by atoms with Crippen molar-refractivity contribution in [3.63, 3.8) is 0 Å². The van der Waals surface area contributed by atoms with Gasteiger partial charge in [0.25, 0.3) is 0 Å². The average Bonchev–Trinajstić information content (AvgIpc) is 2.78. The molecule has 17 heavy (non-hydrogen) atoms. The van der Waals surface area contributed by atoms with Crippen LogP contribution in [0, 0.1) is 0 Å². The molecule has 1 aromatic carbocycles. The second-order valence-corrected chi connectivity index (χ2v) is 4.41. The van der Waals surface area contributed by atoms with Gasteiger partial charge in [-0.15, -0.1) is 0 Å². The van der Waals surface area contributed by atoms with Crippen molar-refractivity contribution in [3.05, 3.63) is 42.4 Å². The van der Waals surface area contributed by atoms with Crippen molar-refractivity contribution in [2.45, 2.75) is 26.8 Å². The molecule has 0 bridgehead atoms. The van der Waals surface area contributed by atoms with Crippen molar-refractivity contribution in [1.29, 1.82) is 0 Å². The highest BCUT2D eigenvalue weighted by atomic mass is 16.1. The van der Waals surface area contributed by atoms with Gasteiger partial charge in [0.2, 0.25) is 0 Å². The lowest BCUT2D eigenvalue weighted by atomic mass is 10.1. The van der Waals surface area contributed by atoms with Crippen LogP contribution in [0.4, 0.5) is 0 Å². The van der Waals surface area contributed by atoms with Crippen molar-refractivity contribution in [1.82, 2.24) is 9.55 Å². The Labute approximate surface area is 101 Å². The normalized spacial score (nSPS) is 10.8. The van der Waals surface area contributed by atoms with Crippen LogP contribution < -0.4 is 0 Å². The largest absolute Gasteiger partial charge is 0.328 e. The minimum Gasteiger partial charge on any atom is -0.328 e. The summed E-state index contributed by atoms with van der Waals surface area (Å²) in [5.41, 5.74) is 2.90. The zero-order valence-corrected chi connectivity index (χ0v) is 10.3. The van der Waals surface area contributed by atoms with Crippen LogP contribution in [0.2, 0.25) is 0 Å². The maximum absolute atomic E-state index is 11.2. The summed E-state index contributed by atoms with van der Waals surface area (Å²) >= 11 is 0. The third-order valence-corrected chi connectivity index (χ3v) is 2.81. The number of aromatic nitrogens is 2. The minimum absolute atomic E-state index is 0.0916. The highest BCUT2D eigenvalue weighted by Gasteiger charge is 2.08. The Morgan fingerprint density at radius 1 is 1.24 bits per heavy atom. The highest BCUT2D eigenvalue weighted by molar-refractivity contribution is 5.94. The fourth-order valence-corrected chi connectivity index (χ4v) is 1.82. The topological polar surface area (TPSA) is 34.9 Å². The van der Waals surface area contributed by atoms with Gasteiger partial charge in [-0.05, 0) is 26.3 Å². The van der Waals surface area contributed by atoms with E-state index in [4.69, 9.17) is 0 Å². The highest BCUT2D eigenvalue weighted by Crippen LogP contribution is 2.22. The lowest BCUT2D eigenvalue weighted by Gasteiger charge is -2.11. The number of carbonyl (C=O) groups excluding carboxylic acids is 1. The van der Waals surface area contributed by atoms with E-state index in [1.807, 2.05) is 36.8 Å². The monoisotopic (exact) mass is 228 g/mol. The van der Waals surface area contributed by atoms with Crippen LogP contribution in [0.5, 0.6) is 0 Å².